The van der Waals surface area contributed by atoms with Crippen LogP contribution in [0.5, 0.6) is 0 Å². The molecule has 0 N–H and O–H groups in total. The molecule has 28 fully saturated rings. The molecule has 0 radical (unpaired) electrons. The Morgan fingerprint density at radius 2 is 0.507 bits per heavy atom. The summed E-state index contributed by atoms with van der Waals surface area (Å²) < 4.78 is 57.7. The number of hydrogen-bond acceptors (Lipinski definition) is 18. The molecule has 18 nitrogen and oxygen atoms in total. The number of carbonyl (C=O) groups excluding carboxylic acids is 8. The molecule has 150 heavy (non-hydrogen) atoms. The highest BCUT2D eigenvalue weighted by Gasteiger charge is 2.77. The third kappa shape index (κ3) is 26.9. The summed E-state index contributed by atoms with van der Waals surface area (Å²) in [4.78, 5) is 96.8. The molecule has 0 aromatic carbocycles. The Labute approximate surface area is 924 Å². The minimum absolute atomic E-state index is 0. The number of ether oxygens (including phenoxy) is 10. The van der Waals surface area contributed by atoms with Crippen molar-refractivity contribution in [3.8, 4) is 0 Å². The van der Waals surface area contributed by atoms with Gasteiger partial charge in [0.25, 0.3) is 0 Å². The maximum atomic E-state index is 13.0. The highest BCUT2D eigenvalue weighted by atomic mass is 16.7. The van der Waals surface area contributed by atoms with Crippen molar-refractivity contribution in [1.29, 1.82) is 0 Å². The van der Waals surface area contributed by atoms with Gasteiger partial charge in [-0.15, -0.1) is 0 Å². The smallest absolute Gasteiger partial charge is 0.344 e. The molecule has 10 atom stereocenters. The predicted octanol–water partition coefficient (Wildman–Crippen LogP) is 34.9. The van der Waals surface area contributed by atoms with Crippen LogP contribution in [0.3, 0.4) is 0 Å². The molecule has 0 aromatic heterocycles. The second-order valence-corrected chi connectivity index (χ2v) is 55.8. The van der Waals surface area contributed by atoms with E-state index in [9.17, 15) is 38.4 Å². The average Bonchev–Trinajstić information content (AvgIpc) is 0.619. The van der Waals surface area contributed by atoms with Crippen LogP contribution < -0.4 is 0 Å². The van der Waals surface area contributed by atoms with E-state index in [2.05, 4.69) is 41.5 Å². The molecular formula is C132H244O18. The molecule has 28 aliphatic rings. The lowest BCUT2D eigenvalue weighted by Gasteiger charge is -2.77. The van der Waals surface area contributed by atoms with E-state index in [0.717, 1.165) is 191 Å². The molecule has 28 rings (SSSR count). The normalized spacial score (nSPS) is 36.3. The first-order valence-electron chi connectivity index (χ1n) is 59.2. The fraction of sp³-hybridized carbons (Fsp3) is 0.939. The number of hydrogen-bond donors (Lipinski definition) is 0. The third-order valence-electron chi connectivity index (χ3n) is 43.9. The summed E-state index contributed by atoms with van der Waals surface area (Å²) in [5.74, 6) is 24.5. The molecule has 880 valence electrons. The lowest BCUT2D eigenvalue weighted by Crippen LogP contribution is -2.73. The average molecular weight is 2120 g/mol. The zero-order chi connectivity index (χ0) is 106. The van der Waals surface area contributed by atoms with Crippen LogP contribution in [-0.4, -0.2) is 107 Å². The third-order valence-corrected chi connectivity index (χ3v) is 43.9. The number of rotatable bonds is 28. The Morgan fingerprint density at radius 3 is 0.813 bits per heavy atom. The van der Waals surface area contributed by atoms with Crippen molar-refractivity contribution >= 4 is 47.8 Å². The van der Waals surface area contributed by atoms with Gasteiger partial charge in [-0.2, -0.15) is 0 Å². The van der Waals surface area contributed by atoms with Gasteiger partial charge in [0.05, 0.1) is 43.7 Å². The lowest BCUT2D eigenvalue weighted by molar-refractivity contribution is -0.338. The van der Waals surface area contributed by atoms with Crippen molar-refractivity contribution in [2.75, 3.05) is 13.2 Å². The Bertz CT molecular complexity index is 4100. The van der Waals surface area contributed by atoms with E-state index in [1.165, 1.54) is 154 Å². The Morgan fingerprint density at radius 1 is 0.260 bits per heavy atom. The van der Waals surface area contributed by atoms with Crippen molar-refractivity contribution in [2.45, 2.75) is 568 Å². The van der Waals surface area contributed by atoms with Crippen molar-refractivity contribution in [3.63, 3.8) is 0 Å². The predicted molar refractivity (Wildman–Crippen MR) is 619 cm³/mol. The van der Waals surface area contributed by atoms with E-state index in [4.69, 9.17) is 47.4 Å². The van der Waals surface area contributed by atoms with Gasteiger partial charge in [0, 0.05) is 10.8 Å². The molecule has 0 heterocycles. The van der Waals surface area contributed by atoms with Gasteiger partial charge in [-0.3, -0.25) is 28.8 Å². The monoisotopic (exact) mass is 2120 g/mol. The molecule has 32 bridgehead atoms. The zero-order valence-corrected chi connectivity index (χ0v) is 97.9. The Balaban J connectivity index is 0.000000454. The van der Waals surface area contributed by atoms with E-state index in [1.54, 1.807) is 48.5 Å². The van der Waals surface area contributed by atoms with Crippen LogP contribution in [0.15, 0.2) is 0 Å². The first-order chi connectivity index (χ1) is 66.1. The van der Waals surface area contributed by atoms with E-state index in [1.807, 2.05) is 180 Å². The highest BCUT2D eigenvalue weighted by molar-refractivity contribution is 5.81. The first kappa shape index (κ1) is 140. The first-order valence-corrected chi connectivity index (χ1v) is 59.2. The van der Waals surface area contributed by atoms with Crippen LogP contribution in [0.4, 0.5) is 0 Å². The highest BCUT2D eigenvalue weighted by Crippen LogP contribution is 2.81. The maximum absolute atomic E-state index is 13.0. The summed E-state index contributed by atoms with van der Waals surface area (Å²) in [7, 11) is 0. The van der Waals surface area contributed by atoms with Crippen LogP contribution in [0.25, 0.3) is 0 Å². The number of carbonyl (C=O) groups is 8. The van der Waals surface area contributed by atoms with Gasteiger partial charge < -0.3 is 47.4 Å². The maximum Gasteiger partial charge on any atom is 0.344 e. The van der Waals surface area contributed by atoms with Gasteiger partial charge in [0.15, 0.2) is 13.2 Å². The quantitative estimate of drug-likeness (QED) is 0.0403. The van der Waals surface area contributed by atoms with Gasteiger partial charge in [-0.05, 0) is 523 Å². The van der Waals surface area contributed by atoms with Crippen molar-refractivity contribution < 1.29 is 85.7 Å². The molecule has 0 aliphatic heterocycles. The summed E-state index contributed by atoms with van der Waals surface area (Å²) in [5.41, 5.74) is -3.86. The van der Waals surface area contributed by atoms with Crippen LogP contribution >= 0.6 is 0 Å². The van der Waals surface area contributed by atoms with Gasteiger partial charge in [-0.25, -0.2) is 9.59 Å². The second-order valence-electron chi connectivity index (χ2n) is 55.8. The van der Waals surface area contributed by atoms with Crippen molar-refractivity contribution in [3.05, 3.63) is 0 Å². The standard InChI is InChI=1S/2C23H36O2.2C22H34O3.C14H26O4.C12H22O4.4C2H6.8CH4/c1-6-21(2,3)20(24)25-22(4,5)23-12-14-8-16-15-7-13(10-18(16)23)11-19(23)17(15)9-14;1-6-21(2,3)20(24)25-22(4,5)23-10-17-14-7-13-8-15(17)19(12-23)16(9-13)18(14)11-23;1-5-21(3,4)20(23)24-12(2)25-22-11-14-7-16-15-6-13(9-18(16)22)10-19(22)17(15)8-14;1-5-21(3,4)20(23)24-12(2)25-22-9-17-14-6-13-7-15(17)19(11-22)16(8-13)18(14)10-22;1-8-13(4,5)12(16)17-9-11(15)18-14(6,7)10(2)3;1-7-12(5,6)10(14)15-8-9(13)16-11(2,3)4;4*1-2;;;;;;;;/h2*13-19H,6-12H2,1-5H3;2*12-19H,5-11H2,1-4H3;10H,8-9H2,1-7H3;7-8H2,1-6H3;4*1-2H3;8*1H4. The second kappa shape index (κ2) is 52.4. The summed E-state index contributed by atoms with van der Waals surface area (Å²) in [6.07, 6.45) is 37.6. The minimum atomic E-state index is -0.562. The lowest BCUT2D eigenvalue weighted by atomic mass is 9.28. The molecule has 10 unspecified atom stereocenters. The van der Waals surface area contributed by atoms with Crippen LogP contribution in [0.1, 0.15) is 522 Å². The van der Waals surface area contributed by atoms with Gasteiger partial charge >= 0.3 is 47.8 Å². The fourth-order valence-corrected chi connectivity index (χ4v) is 34.4. The summed E-state index contributed by atoms with van der Waals surface area (Å²) in [6, 6.07) is 0. The SMILES string of the molecule is C.C.C.C.C.C.C.C.CC.CC.CC.CC.CCC(C)(C)C(=O)OC(C)(C)C12CC3C4CC5CC3C(C1)C(C5)C4C2.CCC(C)(C)C(=O)OC(C)(C)C12CC3CC4C5CC(CC41)CC2C5C3.CCC(C)(C)C(=O)OC(C)OC12CC3C4CC5CC3C(C1)C(C5)C4C2.CCC(C)(C)C(=O)OC(C)OC12CC3CC4C5CC(CC41)CC2C5C3.CCC(C)(C)C(=O)OCC(=O)OC(C)(C)C.CCC(C)(C)C(=O)OCC(=O)OC(C)(C)C(C)C. The summed E-state index contributed by atoms with van der Waals surface area (Å²) in [5, 5.41) is 0. The fourth-order valence-electron chi connectivity index (χ4n) is 34.4. The van der Waals surface area contributed by atoms with Crippen LogP contribution in [-0.2, 0) is 85.7 Å². The van der Waals surface area contributed by atoms with Gasteiger partial charge in [0.1, 0.15) is 22.4 Å². The Hall–Kier alpha value is -4.32. The molecule has 0 spiro atoms. The zero-order valence-electron chi connectivity index (χ0n) is 97.9. The molecule has 0 aromatic rings. The molecule has 0 amide bonds. The number of esters is 8. The topological polar surface area (TPSA) is 229 Å². The van der Waals surface area contributed by atoms with Crippen LogP contribution in [0, 0.1) is 215 Å². The van der Waals surface area contributed by atoms with Gasteiger partial charge in [-0.1, -0.05) is 170 Å². The van der Waals surface area contributed by atoms with E-state index in [0.29, 0.717) is 12.8 Å². The summed E-state index contributed by atoms with van der Waals surface area (Å²) in [6.45, 7) is 76.4. The molecule has 28 saturated carbocycles. The largest absolute Gasteiger partial charge is 0.459 e. The molecule has 18 heteroatoms. The molecular weight excluding hydrogens is 1870 g/mol. The van der Waals surface area contributed by atoms with Crippen LogP contribution in [0.2, 0.25) is 0 Å². The van der Waals surface area contributed by atoms with Crippen molar-refractivity contribution in [1.82, 2.24) is 0 Å². The van der Waals surface area contributed by atoms with E-state index >= 15 is 0 Å². The minimum Gasteiger partial charge on any atom is -0.459 e. The van der Waals surface area contributed by atoms with Crippen molar-refractivity contribution in [2.24, 2.45) is 215 Å². The molecule has 0 saturated heterocycles. The van der Waals surface area contributed by atoms with E-state index in [-0.39, 0.29) is 158 Å². The van der Waals surface area contributed by atoms with E-state index < -0.39 is 57.4 Å². The Kier molecular flexibility index (Phi) is 48.9. The summed E-state index contributed by atoms with van der Waals surface area (Å²) >= 11 is 0. The van der Waals surface area contributed by atoms with Gasteiger partial charge in [0.2, 0.25) is 12.6 Å². The molecule has 28 aliphatic carbocycles.